The number of hydrogen-bond donors (Lipinski definition) is 1. The van der Waals surface area contributed by atoms with Crippen molar-refractivity contribution in [1.82, 2.24) is 0 Å². The third-order valence-electron chi connectivity index (χ3n) is 0. The fourth-order valence-corrected chi connectivity index (χ4v) is 0. The van der Waals surface area contributed by atoms with Crippen molar-refractivity contribution in [2.45, 2.75) is 0 Å². The molecule has 0 spiro atoms. The molecule has 0 aromatic heterocycles. The molecule has 0 heterocycles. The van der Waals surface area contributed by atoms with Crippen molar-refractivity contribution in [2.75, 3.05) is 0 Å². The maximum absolute atomic E-state index is 4.42. The van der Waals surface area contributed by atoms with Crippen LogP contribution in [0.3, 0.4) is 0 Å². The van der Waals surface area contributed by atoms with Crippen molar-refractivity contribution < 1.29 is 0 Å². The van der Waals surface area contributed by atoms with E-state index in [1.165, 1.54) is 0 Å². The molecule has 0 aromatic carbocycles. The SMILES string of the molecule is NP.[CaH2].[MgH2]. The molecule has 0 aliphatic carbocycles. The molecule has 0 aliphatic rings. The maximum Gasteiger partial charge on any atom is 0.316 e. The van der Waals surface area contributed by atoms with Gasteiger partial charge >= 0.3 is 60.8 Å². The van der Waals surface area contributed by atoms with E-state index in [1.54, 1.807) is 0 Å². The number of nitrogens with two attached hydrogens (primary N) is 1. The minimum atomic E-state index is 0. The van der Waals surface area contributed by atoms with Gasteiger partial charge in [0.25, 0.3) is 0 Å². The zero-order valence-corrected chi connectivity index (χ0v) is 2.31. The summed E-state index contributed by atoms with van der Waals surface area (Å²) < 4.78 is 0. The van der Waals surface area contributed by atoms with Crippen molar-refractivity contribution in [3.63, 3.8) is 0 Å². The van der Waals surface area contributed by atoms with Crippen molar-refractivity contribution in [2.24, 2.45) is 5.50 Å². The van der Waals surface area contributed by atoms with Crippen molar-refractivity contribution in [3.05, 3.63) is 0 Å². The van der Waals surface area contributed by atoms with Crippen LogP contribution in [0.1, 0.15) is 0 Å². The molecule has 1 atom stereocenters. The van der Waals surface area contributed by atoms with Gasteiger partial charge in [-0.3, -0.25) is 0 Å². The van der Waals surface area contributed by atoms with Gasteiger partial charge in [0.1, 0.15) is 0 Å². The molecule has 0 bridgehead atoms. The van der Waals surface area contributed by atoms with Crippen molar-refractivity contribution >= 4 is 70.2 Å². The Morgan fingerprint density at radius 1 is 1.25 bits per heavy atom. The van der Waals surface area contributed by atoms with E-state index in [2.05, 4.69) is 5.50 Å². The van der Waals surface area contributed by atoms with Crippen LogP contribution in [0.2, 0.25) is 0 Å². The van der Waals surface area contributed by atoms with E-state index >= 15 is 0 Å². The van der Waals surface area contributed by atoms with Gasteiger partial charge in [-0.25, -0.2) is 0 Å². The summed E-state index contributed by atoms with van der Waals surface area (Å²) in [5.74, 6) is 0. The first kappa shape index (κ1) is 16.1. The minimum Gasteiger partial charge on any atom is 0.316 e. The average Bonchev–Trinajstić information content (AvgIpc) is 1.00. The zero-order chi connectivity index (χ0) is 2.00. The van der Waals surface area contributed by atoms with Crippen LogP contribution in [-0.2, 0) is 0 Å². The Hall–Kier alpha value is 2.42. The molecule has 0 saturated carbocycles. The van der Waals surface area contributed by atoms with Crippen LogP contribution in [0.5, 0.6) is 0 Å². The van der Waals surface area contributed by atoms with Crippen molar-refractivity contribution in [3.8, 4) is 0 Å². The van der Waals surface area contributed by atoms with Crippen molar-refractivity contribution in [1.29, 1.82) is 0 Å². The molecule has 2 N–H and O–H groups in total. The quantitative estimate of drug-likeness (QED) is 0.286. The second-order valence-corrected chi connectivity index (χ2v) is 0. The summed E-state index contributed by atoms with van der Waals surface area (Å²) in [6.07, 6.45) is 0. The van der Waals surface area contributed by atoms with Crippen LogP contribution in [0.4, 0.5) is 0 Å². The maximum atomic E-state index is 4.42. The molecule has 0 fully saturated rings. The summed E-state index contributed by atoms with van der Waals surface area (Å²) in [5.41, 5.74) is 4.42. The monoisotopic (exact) mass is 117 g/mol. The molecule has 0 aromatic rings. The summed E-state index contributed by atoms with van der Waals surface area (Å²) in [6.45, 7) is 0. The predicted molar refractivity (Wildman–Crippen MR) is 31.0 cm³/mol. The molecule has 0 aliphatic heterocycles. The molecule has 0 amide bonds. The van der Waals surface area contributed by atoms with E-state index in [0.717, 1.165) is 0 Å². The van der Waals surface area contributed by atoms with Crippen LogP contribution in [0, 0.1) is 0 Å². The van der Waals surface area contributed by atoms with Crippen LogP contribution in [0.25, 0.3) is 0 Å². The summed E-state index contributed by atoms with van der Waals surface area (Å²) in [6, 6.07) is 0. The molecule has 4 heteroatoms. The van der Waals surface area contributed by atoms with Crippen LogP contribution in [0.15, 0.2) is 0 Å². The van der Waals surface area contributed by atoms with E-state index in [9.17, 15) is 0 Å². The van der Waals surface area contributed by atoms with Crippen LogP contribution >= 0.6 is 9.39 Å². The zero-order valence-electron chi connectivity index (χ0n) is 1.15. The van der Waals surface area contributed by atoms with Gasteiger partial charge in [0.05, 0.1) is 0 Å². The number of hydrogen-bond acceptors (Lipinski definition) is 1. The van der Waals surface area contributed by atoms with E-state index in [-0.39, 0.29) is 60.8 Å². The third kappa shape index (κ3) is 8.83. The first-order valence-electron chi connectivity index (χ1n) is 0.333. The van der Waals surface area contributed by atoms with Gasteiger partial charge in [-0.2, -0.15) is 0 Å². The first-order valence-corrected chi connectivity index (χ1v) is 1.00. The summed E-state index contributed by atoms with van der Waals surface area (Å²) >= 11 is 0. The van der Waals surface area contributed by atoms with Crippen LogP contribution < -0.4 is 5.50 Å². The fourth-order valence-electron chi connectivity index (χ4n) is 0. The smallest absolute Gasteiger partial charge is 0.316 e. The van der Waals surface area contributed by atoms with Gasteiger partial charge < -0.3 is 5.50 Å². The van der Waals surface area contributed by atoms with Gasteiger partial charge in [0.2, 0.25) is 0 Å². The Morgan fingerprint density at radius 3 is 1.25 bits per heavy atom. The summed E-state index contributed by atoms with van der Waals surface area (Å²) in [5, 5.41) is 0. The molecular weight excluding hydrogens is 109 g/mol. The van der Waals surface area contributed by atoms with Gasteiger partial charge in [0, 0.05) is 0 Å². The fraction of sp³-hybridized carbons (Fsp3) is 0. The molecule has 1 nitrogen and oxygen atoms in total. The molecule has 22 valence electrons. The van der Waals surface area contributed by atoms with Crippen LogP contribution in [-0.4, -0.2) is 60.8 Å². The van der Waals surface area contributed by atoms with E-state index in [1.807, 2.05) is 9.39 Å². The van der Waals surface area contributed by atoms with E-state index < -0.39 is 0 Å². The Bertz CT molecular complexity index is 8.00. The second-order valence-electron chi connectivity index (χ2n) is 0. The standard InChI is InChI=1S/Ca.Mg.H4NP.4H/c;;1-2;;;;/h;;1-2H2;;;;. The van der Waals surface area contributed by atoms with Gasteiger partial charge in [-0.05, 0) is 0 Å². The van der Waals surface area contributed by atoms with Gasteiger partial charge in [-0.1, -0.05) is 9.39 Å². The first-order chi connectivity index (χ1) is 1.00. The van der Waals surface area contributed by atoms with Gasteiger partial charge in [0.15, 0.2) is 0 Å². The molecular formula is H8CaMgNP. The molecule has 1 unspecified atom stereocenters. The normalized spacial score (nSPS) is 1.50. The molecule has 4 heavy (non-hydrogen) atoms. The largest absolute Gasteiger partial charge is 0.316 e. The van der Waals surface area contributed by atoms with Gasteiger partial charge in [-0.15, -0.1) is 0 Å². The molecule has 0 rings (SSSR count). The van der Waals surface area contributed by atoms with E-state index in [0.29, 0.717) is 0 Å². The Labute approximate surface area is 74.5 Å². The Kier molecular flexibility index (Phi) is 73.0. The summed E-state index contributed by atoms with van der Waals surface area (Å²) in [7, 11) is 1.92. The topological polar surface area (TPSA) is 26.0 Å². The van der Waals surface area contributed by atoms with E-state index in [4.69, 9.17) is 0 Å². The molecule has 0 radical (unpaired) electrons. The Morgan fingerprint density at radius 2 is 1.25 bits per heavy atom. The predicted octanol–water partition coefficient (Wildman–Crippen LogP) is -2.10. The molecule has 0 saturated heterocycles. The summed E-state index contributed by atoms with van der Waals surface area (Å²) in [4.78, 5) is 0. The Balaban J connectivity index is -0.00000000500. The minimum absolute atomic E-state index is 0. The number of rotatable bonds is 0. The average molecular weight is 117 g/mol. The third-order valence-corrected chi connectivity index (χ3v) is 0. The second kappa shape index (κ2) is 18.1.